The molecule has 0 bridgehead atoms. The van der Waals surface area contributed by atoms with Crippen molar-refractivity contribution in [3.05, 3.63) is 138 Å². The summed E-state index contributed by atoms with van der Waals surface area (Å²) < 4.78 is 0. The molecule has 1 N–H and O–H groups in total. The van der Waals surface area contributed by atoms with E-state index >= 15 is 0 Å². The molecule has 1 aliphatic rings. The lowest BCUT2D eigenvalue weighted by Gasteiger charge is -2.39. The monoisotopic (exact) mass is 417 g/mol. The van der Waals surface area contributed by atoms with Gasteiger partial charge in [0.15, 0.2) is 0 Å². The van der Waals surface area contributed by atoms with E-state index in [0.717, 1.165) is 28.9 Å². The highest BCUT2D eigenvalue weighted by atomic mass is 16.4. The Bertz CT molecular complexity index is 1190. The highest BCUT2D eigenvalue weighted by molar-refractivity contribution is 6.04. The molecule has 32 heavy (non-hydrogen) atoms. The molecular formula is C28H23N3O. The topological polar surface area (TPSA) is 48.2 Å². The molecule has 5 rings (SSSR count). The fraction of sp³-hybridized carbons (Fsp3) is 0.0714. The summed E-state index contributed by atoms with van der Waals surface area (Å²) >= 11 is 0. The third-order valence-electron chi connectivity index (χ3n) is 5.96. The van der Waals surface area contributed by atoms with Crippen molar-refractivity contribution in [2.75, 3.05) is 5.01 Å². The Kier molecular flexibility index (Phi) is 5.26. The zero-order valence-electron chi connectivity index (χ0n) is 17.5. The van der Waals surface area contributed by atoms with Crippen LogP contribution < -0.4 is 5.01 Å². The van der Waals surface area contributed by atoms with E-state index in [4.69, 9.17) is 10.3 Å². The van der Waals surface area contributed by atoms with Gasteiger partial charge in [-0.15, -0.1) is 0 Å². The fourth-order valence-electron chi connectivity index (χ4n) is 4.44. The number of anilines is 1. The Morgan fingerprint density at radius 3 is 1.78 bits per heavy atom. The standard InChI is InChI=1S/C28H23N3O/c32-29-21-22-16-18-26(19-17-22)31-28(24-12-6-2-7-13-24,25-14-8-3-9-15-25)20-27(30-31)23-10-4-1-5-11-23/h1-19,21,32H,20H2. The average molecular weight is 418 g/mol. The Balaban J connectivity index is 1.73. The van der Waals surface area contributed by atoms with Crippen LogP contribution in [0.15, 0.2) is 126 Å². The molecule has 0 atom stereocenters. The second-order valence-electron chi connectivity index (χ2n) is 7.83. The van der Waals surface area contributed by atoms with Crippen LogP contribution in [0.1, 0.15) is 28.7 Å². The van der Waals surface area contributed by atoms with Crippen LogP contribution in [0.25, 0.3) is 0 Å². The van der Waals surface area contributed by atoms with Gasteiger partial charge in [0.05, 0.1) is 17.6 Å². The second kappa shape index (κ2) is 8.52. The third kappa shape index (κ3) is 3.46. The van der Waals surface area contributed by atoms with E-state index in [1.54, 1.807) is 0 Å². The lowest BCUT2D eigenvalue weighted by atomic mass is 9.78. The first kappa shape index (κ1) is 19.8. The zero-order chi connectivity index (χ0) is 21.8. The summed E-state index contributed by atoms with van der Waals surface area (Å²) in [6.07, 6.45) is 2.17. The number of rotatable bonds is 5. The summed E-state index contributed by atoms with van der Waals surface area (Å²) in [7, 11) is 0. The Morgan fingerprint density at radius 1 is 0.719 bits per heavy atom. The minimum absolute atomic E-state index is 0.486. The summed E-state index contributed by atoms with van der Waals surface area (Å²) in [6, 6.07) is 39.4. The number of nitrogens with zero attached hydrogens (tertiary/aromatic N) is 3. The zero-order valence-corrected chi connectivity index (χ0v) is 17.5. The number of hydrazone groups is 1. The fourth-order valence-corrected chi connectivity index (χ4v) is 4.44. The first-order valence-corrected chi connectivity index (χ1v) is 10.6. The van der Waals surface area contributed by atoms with Crippen molar-refractivity contribution < 1.29 is 5.21 Å². The summed E-state index contributed by atoms with van der Waals surface area (Å²) in [5.41, 5.74) is 5.84. The molecular weight excluding hydrogens is 394 g/mol. The Hall–Kier alpha value is -4.18. The minimum Gasteiger partial charge on any atom is -0.411 e. The van der Waals surface area contributed by atoms with Gasteiger partial charge in [-0.25, -0.2) is 5.01 Å². The molecule has 0 amide bonds. The Morgan fingerprint density at radius 2 is 1.25 bits per heavy atom. The molecule has 0 saturated carbocycles. The van der Waals surface area contributed by atoms with E-state index in [2.05, 4.69) is 83.0 Å². The smallest absolute Gasteiger partial charge is 0.119 e. The molecule has 1 heterocycles. The van der Waals surface area contributed by atoms with Crippen molar-refractivity contribution in [3.63, 3.8) is 0 Å². The molecule has 0 radical (unpaired) electrons. The predicted octanol–water partition coefficient (Wildman–Crippen LogP) is 6.05. The normalized spacial score (nSPS) is 15.1. The second-order valence-corrected chi connectivity index (χ2v) is 7.83. The minimum atomic E-state index is -0.486. The molecule has 0 saturated heterocycles. The lowest BCUT2D eigenvalue weighted by molar-refractivity contribution is 0.322. The molecule has 4 nitrogen and oxygen atoms in total. The quantitative estimate of drug-likeness (QED) is 0.244. The van der Waals surface area contributed by atoms with Gasteiger partial charge in [-0.1, -0.05) is 108 Å². The van der Waals surface area contributed by atoms with Gasteiger partial charge in [0.2, 0.25) is 0 Å². The number of hydrogen-bond acceptors (Lipinski definition) is 4. The highest BCUT2D eigenvalue weighted by Crippen LogP contribution is 2.46. The van der Waals surface area contributed by atoms with Crippen LogP contribution in [0.5, 0.6) is 0 Å². The van der Waals surface area contributed by atoms with Crippen LogP contribution in [0.3, 0.4) is 0 Å². The summed E-state index contributed by atoms with van der Waals surface area (Å²) in [5.74, 6) is 0. The van der Waals surface area contributed by atoms with Gasteiger partial charge in [0.25, 0.3) is 0 Å². The number of benzene rings is 4. The van der Waals surface area contributed by atoms with Crippen LogP contribution in [-0.2, 0) is 5.54 Å². The van der Waals surface area contributed by atoms with Crippen molar-refractivity contribution in [1.29, 1.82) is 0 Å². The Labute approximate surface area is 187 Å². The van der Waals surface area contributed by atoms with Gasteiger partial charge in [-0.3, -0.25) is 0 Å². The van der Waals surface area contributed by atoms with Crippen molar-refractivity contribution in [1.82, 2.24) is 0 Å². The highest BCUT2D eigenvalue weighted by Gasteiger charge is 2.46. The van der Waals surface area contributed by atoms with Crippen LogP contribution >= 0.6 is 0 Å². The molecule has 0 fully saturated rings. The molecule has 0 aliphatic carbocycles. The van der Waals surface area contributed by atoms with Gasteiger partial charge in [-0.2, -0.15) is 5.10 Å². The predicted molar refractivity (Wildman–Crippen MR) is 130 cm³/mol. The molecule has 0 spiro atoms. The van der Waals surface area contributed by atoms with Crippen LogP contribution in [0, 0.1) is 0 Å². The van der Waals surface area contributed by atoms with E-state index in [0.29, 0.717) is 0 Å². The molecule has 1 aliphatic heterocycles. The third-order valence-corrected chi connectivity index (χ3v) is 5.96. The summed E-state index contributed by atoms with van der Waals surface area (Å²) in [6.45, 7) is 0. The summed E-state index contributed by atoms with van der Waals surface area (Å²) in [4.78, 5) is 0. The van der Waals surface area contributed by atoms with Crippen molar-refractivity contribution in [2.45, 2.75) is 12.0 Å². The van der Waals surface area contributed by atoms with Crippen LogP contribution in [0.2, 0.25) is 0 Å². The van der Waals surface area contributed by atoms with Crippen molar-refractivity contribution in [2.24, 2.45) is 10.3 Å². The number of oxime groups is 1. The van der Waals surface area contributed by atoms with Gasteiger partial charge in [0, 0.05) is 6.42 Å². The van der Waals surface area contributed by atoms with Gasteiger partial charge in [0.1, 0.15) is 5.54 Å². The SMILES string of the molecule is ON=Cc1ccc(N2N=C(c3ccccc3)CC2(c2ccccc2)c2ccccc2)cc1. The van der Waals surface area contributed by atoms with Crippen molar-refractivity contribution in [3.8, 4) is 0 Å². The first-order chi connectivity index (χ1) is 15.8. The van der Waals surface area contributed by atoms with Crippen molar-refractivity contribution >= 4 is 17.6 Å². The first-order valence-electron chi connectivity index (χ1n) is 10.6. The van der Waals surface area contributed by atoms with E-state index in [9.17, 15) is 0 Å². The maximum atomic E-state index is 8.88. The average Bonchev–Trinajstić information content (AvgIpc) is 3.28. The molecule has 156 valence electrons. The van der Waals surface area contributed by atoms with E-state index in [1.807, 2.05) is 42.5 Å². The van der Waals surface area contributed by atoms with Gasteiger partial charge in [-0.05, 0) is 34.4 Å². The molecule has 0 aromatic heterocycles. The molecule has 4 aromatic rings. The molecule has 0 unspecified atom stereocenters. The van der Waals surface area contributed by atoms with E-state index < -0.39 is 5.54 Å². The summed E-state index contributed by atoms with van der Waals surface area (Å²) in [5, 5.41) is 19.3. The van der Waals surface area contributed by atoms with E-state index in [1.165, 1.54) is 17.3 Å². The largest absolute Gasteiger partial charge is 0.411 e. The van der Waals surface area contributed by atoms with Gasteiger partial charge >= 0.3 is 0 Å². The molecule has 4 aromatic carbocycles. The van der Waals surface area contributed by atoms with Crippen LogP contribution in [0.4, 0.5) is 5.69 Å². The van der Waals surface area contributed by atoms with E-state index in [-0.39, 0.29) is 0 Å². The van der Waals surface area contributed by atoms with Crippen LogP contribution in [-0.4, -0.2) is 17.1 Å². The lowest BCUT2D eigenvalue weighted by Crippen LogP contribution is -2.41. The molecule has 4 heteroatoms. The number of hydrogen-bond donors (Lipinski definition) is 1. The maximum Gasteiger partial charge on any atom is 0.119 e. The van der Waals surface area contributed by atoms with Gasteiger partial charge < -0.3 is 5.21 Å². The maximum absolute atomic E-state index is 8.88.